The first kappa shape index (κ1) is 12.0. The van der Waals surface area contributed by atoms with Crippen LogP contribution in [0.2, 0.25) is 0 Å². The highest BCUT2D eigenvalue weighted by atomic mass is 15.0. The molecule has 4 fully saturated rings. The van der Waals surface area contributed by atoms with E-state index in [4.69, 9.17) is 0 Å². The van der Waals surface area contributed by atoms with Gasteiger partial charge in [-0.25, -0.2) is 0 Å². The van der Waals surface area contributed by atoms with Crippen LogP contribution in [0.15, 0.2) is 0 Å². The zero-order chi connectivity index (χ0) is 12.3. The molecule has 0 spiro atoms. The SMILES string of the molecule is CC(C)NC12CC3CC(C1)CC(C(C)C)(C3)C2. The van der Waals surface area contributed by atoms with Crippen molar-refractivity contribution in [2.45, 2.75) is 77.8 Å². The van der Waals surface area contributed by atoms with Crippen LogP contribution in [0.5, 0.6) is 0 Å². The minimum absolute atomic E-state index is 0.516. The monoisotopic (exact) mass is 235 g/mol. The maximum atomic E-state index is 3.97. The van der Waals surface area contributed by atoms with E-state index in [1.54, 1.807) is 0 Å². The molecule has 4 bridgehead atoms. The quantitative estimate of drug-likeness (QED) is 0.780. The Bertz CT molecular complexity index is 285. The molecule has 0 saturated heterocycles. The van der Waals surface area contributed by atoms with Crippen molar-refractivity contribution in [2.75, 3.05) is 0 Å². The molecule has 0 amide bonds. The summed E-state index contributed by atoms with van der Waals surface area (Å²) in [6, 6.07) is 0.649. The Hall–Kier alpha value is -0.0400. The van der Waals surface area contributed by atoms with Crippen LogP contribution >= 0.6 is 0 Å². The van der Waals surface area contributed by atoms with E-state index in [2.05, 4.69) is 33.0 Å². The van der Waals surface area contributed by atoms with Crippen molar-refractivity contribution in [2.24, 2.45) is 23.2 Å². The standard InChI is InChI=1S/C16H29N/c1-11(2)15-6-13-5-14(7-15)9-16(8-13,10-15)17-12(3)4/h11-14,17H,5-10H2,1-4H3. The van der Waals surface area contributed by atoms with Gasteiger partial charge in [-0.05, 0) is 61.7 Å². The molecule has 4 aliphatic rings. The first-order valence-corrected chi connectivity index (χ1v) is 7.71. The minimum Gasteiger partial charge on any atom is -0.309 e. The number of hydrogen-bond donors (Lipinski definition) is 1. The van der Waals surface area contributed by atoms with Gasteiger partial charge in [0.15, 0.2) is 0 Å². The highest BCUT2D eigenvalue weighted by Gasteiger charge is 2.58. The van der Waals surface area contributed by atoms with Crippen LogP contribution in [0, 0.1) is 23.2 Å². The average molecular weight is 235 g/mol. The van der Waals surface area contributed by atoms with E-state index in [0.29, 0.717) is 17.0 Å². The summed E-state index contributed by atoms with van der Waals surface area (Å²) in [7, 11) is 0. The molecule has 0 aliphatic heterocycles. The maximum Gasteiger partial charge on any atom is 0.0194 e. The third-order valence-electron chi connectivity index (χ3n) is 5.93. The zero-order valence-corrected chi connectivity index (χ0v) is 12.1. The fourth-order valence-corrected chi connectivity index (χ4v) is 5.79. The first-order chi connectivity index (χ1) is 7.93. The number of hydrogen-bond acceptors (Lipinski definition) is 1. The smallest absolute Gasteiger partial charge is 0.0194 e. The second-order valence-corrected chi connectivity index (χ2v) is 8.06. The fraction of sp³-hybridized carbons (Fsp3) is 1.00. The summed E-state index contributed by atoms with van der Waals surface area (Å²) in [6.45, 7) is 9.58. The van der Waals surface area contributed by atoms with Crippen molar-refractivity contribution < 1.29 is 0 Å². The summed E-state index contributed by atoms with van der Waals surface area (Å²) >= 11 is 0. The lowest BCUT2D eigenvalue weighted by Crippen LogP contribution is -2.64. The number of rotatable bonds is 3. The minimum atomic E-state index is 0.516. The van der Waals surface area contributed by atoms with Gasteiger partial charge in [-0.2, -0.15) is 0 Å². The third-order valence-corrected chi connectivity index (χ3v) is 5.93. The van der Waals surface area contributed by atoms with Gasteiger partial charge in [0.1, 0.15) is 0 Å². The molecule has 2 atom stereocenters. The van der Waals surface area contributed by atoms with Gasteiger partial charge in [0.25, 0.3) is 0 Å². The Kier molecular flexibility index (Phi) is 2.63. The van der Waals surface area contributed by atoms with Crippen molar-refractivity contribution in [1.29, 1.82) is 0 Å². The van der Waals surface area contributed by atoms with E-state index in [-0.39, 0.29) is 0 Å². The van der Waals surface area contributed by atoms with E-state index < -0.39 is 0 Å². The van der Waals surface area contributed by atoms with Crippen LogP contribution in [0.1, 0.15) is 66.2 Å². The molecule has 98 valence electrons. The molecule has 1 nitrogen and oxygen atoms in total. The molecule has 1 N–H and O–H groups in total. The molecule has 4 aliphatic carbocycles. The first-order valence-electron chi connectivity index (χ1n) is 7.71. The Balaban J connectivity index is 1.89. The Morgan fingerprint density at radius 2 is 1.53 bits per heavy atom. The molecule has 4 saturated carbocycles. The van der Waals surface area contributed by atoms with Gasteiger partial charge in [-0.3, -0.25) is 0 Å². The number of nitrogens with one attached hydrogen (secondary N) is 1. The van der Waals surface area contributed by atoms with E-state index in [1.807, 2.05) is 0 Å². The van der Waals surface area contributed by atoms with Gasteiger partial charge >= 0.3 is 0 Å². The van der Waals surface area contributed by atoms with Crippen LogP contribution < -0.4 is 5.32 Å². The highest BCUT2D eigenvalue weighted by molar-refractivity contribution is 5.12. The Labute approximate surface area is 107 Å². The van der Waals surface area contributed by atoms with Crippen LogP contribution in [-0.4, -0.2) is 11.6 Å². The summed E-state index contributed by atoms with van der Waals surface area (Å²) in [5.74, 6) is 2.94. The molecule has 0 aromatic heterocycles. The third kappa shape index (κ3) is 1.85. The molecule has 0 aromatic carbocycles. The molecule has 4 rings (SSSR count). The molecule has 17 heavy (non-hydrogen) atoms. The van der Waals surface area contributed by atoms with Crippen molar-refractivity contribution in [3.8, 4) is 0 Å². The Morgan fingerprint density at radius 1 is 0.941 bits per heavy atom. The Morgan fingerprint density at radius 3 is 2.00 bits per heavy atom. The van der Waals surface area contributed by atoms with Crippen molar-refractivity contribution in [3.63, 3.8) is 0 Å². The molecule has 0 heterocycles. The molecule has 2 unspecified atom stereocenters. The normalized spacial score (nSPS) is 48.4. The van der Waals surface area contributed by atoms with Gasteiger partial charge in [0.05, 0.1) is 0 Å². The highest BCUT2D eigenvalue weighted by Crippen LogP contribution is 2.64. The van der Waals surface area contributed by atoms with Crippen molar-refractivity contribution in [1.82, 2.24) is 5.32 Å². The summed E-state index contributed by atoms with van der Waals surface area (Å²) in [5.41, 5.74) is 1.20. The largest absolute Gasteiger partial charge is 0.309 e. The van der Waals surface area contributed by atoms with Crippen LogP contribution in [0.3, 0.4) is 0 Å². The predicted molar refractivity (Wildman–Crippen MR) is 73.0 cm³/mol. The second-order valence-electron chi connectivity index (χ2n) is 8.06. The summed E-state index contributed by atoms with van der Waals surface area (Å²) in [6.07, 6.45) is 9.00. The molecular weight excluding hydrogens is 206 g/mol. The van der Waals surface area contributed by atoms with Crippen LogP contribution in [-0.2, 0) is 0 Å². The maximum absolute atomic E-state index is 3.97. The molecular formula is C16H29N. The van der Waals surface area contributed by atoms with Gasteiger partial charge in [-0.1, -0.05) is 27.7 Å². The lowest BCUT2D eigenvalue weighted by Gasteiger charge is -2.64. The van der Waals surface area contributed by atoms with Crippen LogP contribution in [0.25, 0.3) is 0 Å². The average Bonchev–Trinajstić information content (AvgIpc) is 2.12. The topological polar surface area (TPSA) is 12.0 Å². The van der Waals surface area contributed by atoms with E-state index >= 15 is 0 Å². The van der Waals surface area contributed by atoms with Gasteiger partial charge in [-0.15, -0.1) is 0 Å². The zero-order valence-electron chi connectivity index (χ0n) is 12.1. The molecule has 0 radical (unpaired) electrons. The van der Waals surface area contributed by atoms with Gasteiger partial charge in [0.2, 0.25) is 0 Å². The van der Waals surface area contributed by atoms with Crippen LogP contribution in [0.4, 0.5) is 0 Å². The van der Waals surface area contributed by atoms with E-state index in [9.17, 15) is 0 Å². The lowest BCUT2D eigenvalue weighted by atomic mass is 9.44. The second kappa shape index (κ2) is 3.73. The fourth-order valence-electron chi connectivity index (χ4n) is 5.79. The lowest BCUT2D eigenvalue weighted by molar-refractivity contribution is -0.106. The summed E-state index contributed by atoms with van der Waals surface area (Å²) in [4.78, 5) is 0. The van der Waals surface area contributed by atoms with Crippen molar-refractivity contribution >= 4 is 0 Å². The summed E-state index contributed by atoms with van der Waals surface area (Å²) in [5, 5.41) is 3.97. The molecule has 1 heteroatoms. The predicted octanol–water partition coefficient (Wildman–Crippen LogP) is 3.98. The van der Waals surface area contributed by atoms with E-state index in [0.717, 1.165) is 17.8 Å². The van der Waals surface area contributed by atoms with E-state index in [1.165, 1.54) is 38.5 Å². The van der Waals surface area contributed by atoms with Crippen molar-refractivity contribution in [3.05, 3.63) is 0 Å². The van der Waals surface area contributed by atoms with Gasteiger partial charge < -0.3 is 5.32 Å². The molecule has 0 aromatic rings. The summed E-state index contributed by atoms with van der Waals surface area (Å²) < 4.78 is 0. The van der Waals surface area contributed by atoms with Gasteiger partial charge in [0, 0.05) is 11.6 Å².